The summed E-state index contributed by atoms with van der Waals surface area (Å²) >= 11 is 0. The lowest BCUT2D eigenvalue weighted by Crippen LogP contribution is -2.35. The molecule has 1 aromatic carbocycles. The molecule has 1 aliphatic rings. The Hall–Kier alpha value is -2.03. The van der Waals surface area contributed by atoms with Crippen molar-refractivity contribution >= 4 is 16.4 Å². The maximum absolute atomic E-state index is 5.93. The summed E-state index contributed by atoms with van der Waals surface area (Å²) in [6, 6.07) is 6.54. The number of rotatable bonds is 3. The van der Waals surface area contributed by atoms with Crippen LogP contribution in [0.3, 0.4) is 0 Å². The van der Waals surface area contributed by atoms with Crippen molar-refractivity contribution in [1.82, 2.24) is 4.40 Å². The maximum atomic E-state index is 5.93. The van der Waals surface area contributed by atoms with Gasteiger partial charge in [-0.05, 0) is 42.5 Å². The van der Waals surface area contributed by atoms with Crippen LogP contribution in [0, 0.1) is 5.92 Å². The van der Waals surface area contributed by atoms with Crippen molar-refractivity contribution in [3.63, 3.8) is 0 Å². The molecule has 22 heavy (non-hydrogen) atoms. The number of benzene rings is 1. The first-order valence-corrected chi connectivity index (χ1v) is 8.22. The van der Waals surface area contributed by atoms with Gasteiger partial charge in [-0.1, -0.05) is 13.8 Å². The fraction of sp³-hybridized carbons (Fsp3) is 0.421. The molecule has 4 rings (SSSR count). The summed E-state index contributed by atoms with van der Waals surface area (Å²) in [5.41, 5.74) is 5.64. The van der Waals surface area contributed by atoms with E-state index in [1.54, 1.807) is 0 Å². The van der Waals surface area contributed by atoms with Crippen LogP contribution in [0.4, 0.5) is 0 Å². The zero-order chi connectivity index (χ0) is 15.3. The minimum Gasteiger partial charge on any atom is -0.493 e. The van der Waals surface area contributed by atoms with Gasteiger partial charge in [0.05, 0.1) is 18.3 Å². The number of nitrogens with zero attached hydrogens (tertiary/aromatic N) is 2. The van der Waals surface area contributed by atoms with Gasteiger partial charge >= 0.3 is 0 Å². The highest BCUT2D eigenvalue weighted by atomic mass is 16.5. The number of aryl methyl sites for hydroxylation is 3. The lowest BCUT2D eigenvalue weighted by atomic mass is 9.97. The average Bonchev–Trinajstić information content (AvgIpc) is 2.84. The molecule has 114 valence electrons. The lowest BCUT2D eigenvalue weighted by Gasteiger charge is -2.10. The summed E-state index contributed by atoms with van der Waals surface area (Å²) in [5, 5.41) is 1.36. The van der Waals surface area contributed by atoms with Gasteiger partial charge in [0.1, 0.15) is 18.3 Å². The van der Waals surface area contributed by atoms with E-state index in [1.165, 1.54) is 40.5 Å². The number of ether oxygens (including phenoxy) is 1. The van der Waals surface area contributed by atoms with Crippen LogP contribution >= 0.6 is 0 Å². The third-order valence-electron chi connectivity index (χ3n) is 4.64. The molecule has 0 spiro atoms. The van der Waals surface area contributed by atoms with Crippen molar-refractivity contribution in [2.24, 2.45) is 13.0 Å². The minimum absolute atomic E-state index is 0.549. The Labute approximate surface area is 131 Å². The van der Waals surface area contributed by atoms with Crippen LogP contribution in [0.1, 0.15) is 31.5 Å². The molecule has 0 saturated carbocycles. The smallest absolute Gasteiger partial charge is 0.205 e. The number of aromatic nitrogens is 2. The van der Waals surface area contributed by atoms with Gasteiger partial charge in [-0.15, -0.1) is 0 Å². The van der Waals surface area contributed by atoms with E-state index >= 15 is 0 Å². The Morgan fingerprint density at radius 3 is 2.95 bits per heavy atom. The van der Waals surface area contributed by atoms with Crippen molar-refractivity contribution in [2.45, 2.75) is 33.1 Å². The second-order valence-corrected chi connectivity index (χ2v) is 6.79. The molecule has 0 radical (unpaired) electrons. The van der Waals surface area contributed by atoms with E-state index in [4.69, 9.17) is 4.74 Å². The molecule has 0 aliphatic heterocycles. The molecule has 1 aliphatic carbocycles. The highest BCUT2D eigenvalue weighted by molar-refractivity contribution is 5.94. The average molecular weight is 295 g/mol. The van der Waals surface area contributed by atoms with E-state index < -0.39 is 0 Å². The summed E-state index contributed by atoms with van der Waals surface area (Å²) in [7, 11) is 2.15. The van der Waals surface area contributed by atoms with Crippen LogP contribution in [0.25, 0.3) is 16.4 Å². The van der Waals surface area contributed by atoms with Crippen molar-refractivity contribution in [3.8, 4) is 5.75 Å². The molecule has 2 aromatic heterocycles. The Kier molecular flexibility index (Phi) is 3.10. The number of hydrogen-bond acceptors (Lipinski definition) is 1. The van der Waals surface area contributed by atoms with Gasteiger partial charge in [-0.3, -0.25) is 0 Å². The molecule has 3 nitrogen and oxygen atoms in total. The van der Waals surface area contributed by atoms with Crippen molar-refractivity contribution in [3.05, 3.63) is 41.9 Å². The molecule has 0 fully saturated rings. The summed E-state index contributed by atoms with van der Waals surface area (Å²) < 4.78 is 10.6. The molecule has 0 unspecified atom stereocenters. The zero-order valence-corrected chi connectivity index (χ0v) is 13.6. The second-order valence-electron chi connectivity index (χ2n) is 6.79. The summed E-state index contributed by atoms with van der Waals surface area (Å²) in [6.45, 7) is 5.14. The number of hydrogen-bond donors (Lipinski definition) is 0. The maximum Gasteiger partial charge on any atom is 0.205 e. The van der Waals surface area contributed by atoms with Crippen LogP contribution in [-0.4, -0.2) is 11.0 Å². The normalized spacial score (nSPS) is 14.2. The molecule has 0 amide bonds. The predicted molar refractivity (Wildman–Crippen MR) is 88.4 cm³/mol. The van der Waals surface area contributed by atoms with Crippen molar-refractivity contribution in [2.75, 3.05) is 6.61 Å². The highest BCUT2D eigenvalue weighted by Gasteiger charge is 2.24. The fourth-order valence-corrected chi connectivity index (χ4v) is 3.59. The largest absolute Gasteiger partial charge is 0.493 e. The Bertz CT molecular complexity index is 861. The first-order chi connectivity index (χ1) is 10.6. The van der Waals surface area contributed by atoms with Crippen LogP contribution in [-0.2, 0) is 19.9 Å². The van der Waals surface area contributed by atoms with Gasteiger partial charge < -0.3 is 9.14 Å². The SMILES string of the molecule is CC(C)COc1ccc2c(c1)c1c3c([n+](C)ccn32)CCC1. The molecule has 3 aromatic rings. The summed E-state index contributed by atoms with van der Waals surface area (Å²) in [4.78, 5) is 0. The van der Waals surface area contributed by atoms with Crippen molar-refractivity contribution in [1.29, 1.82) is 0 Å². The van der Waals surface area contributed by atoms with E-state index in [9.17, 15) is 0 Å². The molecule has 0 saturated heterocycles. The van der Waals surface area contributed by atoms with E-state index in [2.05, 4.69) is 60.5 Å². The lowest BCUT2D eigenvalue weighted by molar-refractivity contribution is -0.678. The van der Waals surface area contributed by atoms with Gasteiger partial charge in [0.25, 0.3) is 0 Å². The topological polar surface area (TPSA) is 17.5 Å². The fourth-order valence-electron chi connectivity index (χ4n) is 3.59. The first kappa shape index (κ1) is 13.6. The number of fused-ring (bicyclic) bond motifs is 3. The van der Waals surface area contributed by atoms with Crippen LogP contribution in [0.15, 0.2) is 30.6 Å². The third-order valence-corrected chi connectivity index (χ3v) is 4.64. The first-order valence-electron chi connectivity index (χ1n) is 8.22. The van der Waals surface area contributed by atoms with E-state index in [0.717, 1.165) is 18.8 Å². The van der Waals surface area contributed by atoms with E-state index in [-0.39, 0.29) is 0 Å². The molecule has 3 heteroatoms. The Morgan fingerprint density at radius 1 is 1.27 bits per heavy atom. The molecule has 0 atom stereocenters. The zero-order valence-electron chi connectivity index (χ0n) is 13.6. The van der Waals surface area contributed by atoms with Gasteiger partial charge in [-0.2, -0.15) is 0 Å². The summed E-state index contributed by atoms with van der Waals surface area (Å²) in [6.07, 6.45) is 7.92. The van der Waals surface area contributed by atoms with Gasteiger partial charge in [0.2, 0.25) is 5.69 Å². The predicted octanol–water partition coefficient (Wildman–Crippen LogP) is 3.44. The molecule has 0 bridgehead atoms. The molecule has 2 heterocycles. The highest BCUT2D eigenvalue weighted by Crippen LogP contribution is 2.34. The molecular formula is C19H23N2O+. The Balaban J connectivity index is 1.94. The molecular weight excluding hydrogens is 272 g/mol. The van der Waals surface area contributed by atoms with Crippen LogP contribution in [0.2, 0.25) is 0 Å². The Morgan fingerprint density at radius 2 is 2.14 bits per heavy atom. The van der Waals surface area contributed by atoms with Crippen LogP contribution < -0.4 is 9.30 Å². The minimum atomic E-state index is 0.549. The molecule has 0 N–H and O–H groups in total. The van der Waals surface area contributed by atoms with Crippen molar-refractivity contribution < 1.29 is 9.30 Å². The van der Waals surface area contributed by atoms with Crippen LogP contribution in [0.5, 0.6) is 5.75 Å². The standard InChI is InChI=1S/C19H23N2O/c1-13(2)12-22-14-7-8-17-16(11-14)15-5-4-6-18-19(15)21(17)10-9-20(18)3/h7-11,13H,4-6,12H2,1-3H3/q+1. The second kappa shape index (κ2) is 5.01. The van der Waals surface area contributed by atoms with Gasteiger partial charge in [0.15, 0.2) is 6.20 Å². The summed E-state index contributed by atoms with van der Waals surface area (Å²) in [5.74, 6) is 1.54. The quantitative estimate of drug-likeness (QED) is 0.677. The van der Waals surface area contributed by atoms with Gasteiger partial charge in [-0.25, -0.2) is 4.57 Å². The monoisotopic (exact) mass is 295 g/mol. The third kappa shape index (κ3) is 1.99. The van der Waals surface area contributed by atoms with E-state index in [1.807, 2.05) is 0 Å². The van der Waals surface area contributed by atoms with E-state index in [0.29, 0.717) is 5.92 Å². The van der Waals surface area contributed by atoms with Gasteiger partial charge in [0, 0.05) is 11.8 Å².